The van der Waals surface area contributed by atoms with Crippen LogP contribution in [0, 0.1) is 20.8 Å². The number of aromatic nitrogens is 4. The predicted molar refractivity (Wildman–Crippen MR) is 147 cm³/mol. The summed E-state index contributed by atoms with van der Waals surface area (Å²) >= 11 is 0. The lowest BCUT2D eigenvalue weighted by Gasteiger charge is -2.31. The van der Waals surface area contributed by atoms with Gasteiger partial charge in [0.15, 0.2) is 5.65 Å². The first-order valence-electron chi connectivity index (χ1n) is 13.2. The molecular weight excluding hydrogens is 482 g/mol. The molecular formula is C28H35N7O3. The molecule has 0 aromatic carbocycles. The van der Waals surface area contributed by atoms with Crippen LogP contribution in [0.2, 0.25) is 0 Å². The van der Waals surface area contributed by atoms with Crippen LogP contribution in [0.1, 0.15) is 71.3 Å². The number of aromatic amines is 1. The van der Waals surface area contributed by atoms with Crippen LogP contribution in [0.4, 0.5) is 0 Å². The number of rotatable bonds is 5. The van der Waals surface area contributed by atoms with E-state index in [4.69, 9.17) is 19.8 Å². The first-order valence-corrected chi connectivity index (χ1v) is 13.2. The molecule has 5 rings (SSSR count). The van der Waals surface area contributed by atoms with Gasteiger partial charge in [0.05, 0.1) is 35.6 Å². The van der Waals surface area contributed by atoms with Crippen molar-refractivity contribution in [3.05, 3.63) is 62.5 Å². The molecule has 0 atom stereocenters. The number of aliphatic imine (C=N–C) groups is 1. The second-order valence-electron chi connectivity index (χ2n) is 10.3. The molecule has 200 valence electrons. The van der Waals surface area contributed by atoms with Crippen molar-refractivity contribution in [1.82, 2.24) is 30.0 Å². The summed E-state index contributed by atoms with van der Waals surface area (Å²) in [6, 6.07) is 3.82. The summed E-state index contributed by atoms with van der Waals surface area (Å²) in [7, 11) is 0. The Morgan fingerprint density at radius 1 is 1.16 bits per heavy atom. The highest BCUT2D eigenvalue weighted by Crippen LogP contribution is 2.30. The van der Waals surface area contributed by atoms with E-state index in [0.717, 1.165) is 78.6 Å². The first-order chi connectivity index (χ1) is 18.2. The molecule has 10 heteroatoms. The number of nitrogens with zero attached hydrogens (tertiary/aromatic N) is 5. The van der Waals surface area contributed by atoms with Crippen molar-refractivity contribution in [2.45, 2.75) is 60.0 Å². The molecule has 0 unspecified atom stereocenters. The fourth-order valence-electron chi connectivity index (χ4n) is 5.17. The quantitative estimate of drug-likeness (QED) is 0.536. The number of pyridine rings is 2. The van der Waals surface area contributed by atoms with E-state index in [-0.39, 0.29) is 24.1 Å². The number of amides is 1. The van der Waals surface area contributed by atoms with Gasteiger partial charge in [-0.3, -0.25) is 9.59 Å². The summed E-state index contributed by atoms with van der Waals surface area (Å²) in [5.74, 6) is 0.802. The molecule has 1 fully saturated rings. The van der Waals surface area contributed by atoms with E-state index in [1.165, 1.54) is 0 Å². The number of nitrogens with one attached hydrogen (secondary N) is 2. The summed E-state index contributed by atoms with van der Waals surface area (Å²) in [5.41, 5.74) is 5.62. The molecule has 2 aliphatic rings. The van der Waals surface area contributed by atoms with Crippen LogP contribution in [-0.4, -0.2) is 62.7 Å². The third-order valence-electron chi connectivity index (χ3n) is 7.18. The smallest absolute Gasteiger partial charge is 0.253 e. The highest BCUT2D eigenvalue weighted by atomic mass is 16.5. The lowest BCUT2D eigenvalue weighted by atomic mass is 10.0. The molecule has 1 saturated heterocycles. The molecule has 10 nitrogen and oxygen atoms in total. The zero-order valence-corrected chi connectivity index (χ0v) is 22.7. The lowest BCUT2D eigenvalue weighted by Crippen LogP contribution is -2.41. The maximum Gasteiger partial charge on any atom is 0.253 e. The number of hydrogen-bond acceptors (Lipinski definition) is 7. The molecule has 0 aliphatic carbocycles. The van der Waals surface area contributed by atoms with Crippen molar-refractivity contribution in [3.63, 3.8) is 0 Å². The summed E-state index contributed by atoms with van der Waals surface area (Å²) in [4.78, 5) is 40.9. The Balaban J connectivity index is 1.51. The van der Waals surface area contributed by atoms with Gasteiger partial charge < -0.3 is 19.9 Å². The van der Waals surface area contributed by atoms with Crippen LogP contribution in [0.5, 0.6) is 0 Å². The largest absolute Gasteiger partial charge is 0.378 e. The summed E-state index contributed by atoms with van der Waals surface area (Å²) in [5, 5.41) is 8.39. The maximum absolute atomic E-state index is 13.6. The third-order valence-corrected chi connectivity index (χ3v) is 7.18. The Labute approximate surface area is 221 Å². The van der Waals surface area contributed by atoms with Gasteiger partial charge in [-0.05, 0) is 64.3 Å². The minimum absolute atomic E-state index is 0.0740. The van der Waals surface area contributed by atoms with Gasteiger partial charge in [-0.25, -0.2) is 14.7 Å². The van der Waals surface area contributed by atoms with Crippen molar-refractivity contribution < 1.29 is 9.53 Å². The molecule has 3 aromatic heterocycles. The molecule has 0 spiro atoms. The van der Waals surface area contributed by atoms with Gasteiger partial charge in [0.25, 0.3) is 11.5 Å². The SMILES string of the molecule is Cc1cc(C)c(CNC(=O)c2cc(C3=CN=C(N4CCOCC4)CC3)nc3c2c(C)nn3C(C)C)c(=O)[nH]1. The minimum Gasteiger partial charge on any atom is -0.378 e. The second-order valence-corrected chi connectivity index (χ2v) is 10.3. The average molecular weight is 518 g/mol. The van der Waals surface area contributed by atoms with Crippen LogP contribution in [-0.2, 0) is 11.3 Å². The normalized spacial score (nSPS) is 16.1. The minimum atomic E-state index is -0.265. The number of aryl methyl sites for hydroxylation is 3. The van der Waals surface area contributed by atoms with E-state index in [0.29, 0.717) is 16.8 Å². The summed E-state index contributed by atoms with van der Waals surface area (Å²) in [6.07, 6.45) is 3.47. The van der Waals surface area contributed by atoms with E-state index in [1.54, 1.807) is 0 Å². The number of carbonyl (C=O) groups excluding carboxylic acids is 1. The summed E-state index contributed by atoms with van der Waals surface area (Å²) in [6.45, 7) is 13.0. The number of allylic oxidation sites excluding steroid dienone is 1. The Hall–Kier alpha value is -3.79. The van der Waals surface area contributed by atoms with Crippen LogP contribution >= 0.6 is 0 Å². The van der Waals surface area contributed by atoms with Gasteiger partial charge >= 0.3 is 0 Å². The zero-order valence-electron chi connectivity index (χ0n) is 22.7. The fourth-order valence-corrected chi connectivity index (χ4v) is 5.17. The third kappa shape index (κ3) is 5.00. The van der Waals surface area contributed by atoms with Gasteiger partial charge in [-0.1, -0.05) is 0 Å². The topological polar surface area (TPSA) is 118 Å². The van der Waals surface area contributed by atoms with E-state index < -0.39 is 0 Å². The predicted octanol–water partition coefficient (Wildman–Crippen LogP) is 3.42. The number of H-pyrrole nitrogens is 1. The Kier molecular flexibility index (Phi) is 7.16. The molecule has 0 saturated carbocycles. The fraction of sp³-hybridized carbons (Fsp3) is 0.464. The monoisotopic (exact) mass is 517 g/mol. The van der Waals surface area contributed by atoms with Crippen molar-refractivity contribution in [2.24, 2.45) is 4.99 Å². The van der Waals surface area contributed by atoms with E-state index in [1.807, 2.05) is 57.6 Å². The number of fused-ring (bicyclic) bond motifs is 1. The van der Waals surface area contributed by atoms with Gasteiger partial charge in [0.1, 0.15) is 5.84 Å². The molecule has 1 amide bonds. The van der Waals surface area contributed by atoms with Gasteiger partial charge in [0, 0.05) is 49.6 Å². The van der Waals surface area contributed by atoms with Crippen molar-refractivity contribution >= 4 is 28.3 Å². The van der Waals surface area contributed by atoms with E-state index in [2.05, 4.69) is 15.2 Å². The average Bonchev–Trinajstić information content (AvgIpc) is 3.24. The Bertz CT molecular complexity index is 1510. The van der Waals surface area contributed by atoms with Crippen molar-refractivity contribution in [1.29, 1.82) is 0 Å². The zero-order chi connectivity index (χ0) is 27.0. The number of morpholine rings is 1. The van der Waals surface area contributed by atoms with E-state index in [9.17, 15) is 9.59 Å². The van der Waals surface area contributed by atoms with Crippen LogP contribution < -0.4 is 10.9 Å². The molecule has 3 aromatic rings. The van der Waals surface area contributed by atoms with Gasteiger partial charge in [-0.15, -0.1) is 0 Å². The molecule has 0 radical (unpaired) electrons. The van der Waals surface area contributed by atoms with Crippen molar-refractivity contribution in [3.8, 4) is 0 Å². The van der Waals surface area contributed by atoms with Crippen LogP contribution in [0.3, 0.4) is 0 Å². The van der Waals surface area contributed by atoms with Crippen molar-refractivity contribution in [2.75, 3.05) is 26.3 Å². The standard InChI is InChI=1S/C28H35N7O3/c1-16(2)35-26-25(19(5)33-35)21(27(36)30-15-22-17(3)12-18(4)31-28(22)37)13-23(32-26)20-6-7-24(29-14-20)34-8-10-38-11-9-34/h12-14,16H,6-11,15H2,1-5H3,(H,30,36)(H,31,37). The summed E-state index contributed by atoms with van der Waals surface area (Å²) < 4.78 is 7.34. The lowest BCUT2D eigenvalue weighted by molar-refractivity contribution is 0.0672. The molecule has 0 bridgehead atoms. The Morgan fingerprint density at radius 2 is 1.92 bits per heavy atom. The van der Waals surface area contributed by atoms with Gasteiger partial charge in [-0.2, -0.15) is 5.10 Å². The number of carbonyl (C=O) groups is 1. The number of amidine groups is 1. The first kappa shape index (κ1) is 25.8. The highest BCUT2D eigenvalue weighted by Gasteiger charge is 2.24. The van der Waals surface area contributed by atoms with Crippen LogP contribution in [0.25, 0.3) is 16.6 Å². The maximum atomic E-state index is 13.6. The van der Waals surface area contributed by atoms with Crippen LogP contribution in [0.15, 0.2) is 28.1 Å². The highest BCUT2D eigenvalue weighted by molar-refractivity contribution is 6.07. The van der Waals surface area contributed by atoms with Gasteiger partial charge in [0.2, 0.25) is 0 Å². The molecule has 2 N–H and O–H groups in total. The second kappa shape index (κ2) is 10.5. The molecule has 5 heterocycles. The Morgan fingerprint density at radius 3 is 2.58 bits per heavy atom. The molecule has 38 heavy (non-hydrogen) atoms. The molecule has 2 aliphatic heterocycles. The number of ether oxygens (including phenoxy) is 1. The van der Waals surface area contributed by atoms with E-state index >= 15 is 0 Å². The number of hydrogen-bond donors (Lipinski definition) is 2.